The molecular formula is C24H23F3N2O4. The molecule has 2 unspecified atom stereocenters. The van der Waals surface area contributed by atoms with Gasteiger partial charge in [0.2, 0.25) is 0 Å². The Morgan fingerprint density at radius 1 is 1.27 bits per heavy atom. The molecule has 2 aromatic carbocycles. The van der Waals surface area contributed by atoms with Crippen LogP contribution in [0.25, 0.3) is 0 Å². The minimum absolute atomic E-state index is 0.209. The van der Waals surface area contributed by atoms with Crippen LogP contribution in [0, 0.1) is 0 Å². The van der Waals surface area contributed by atoms with Crippen molar-refractivity contribution in [2.75, 3.05) is 19.0 Å². The van der Waals surface area contributed by atoms with E-state index in [4.69, 9.17) is 9.47 Å². The second-order valence-electron chi connectivity index (χ2n) is 8.59. The van der Waals surface area contributed by atoms with E-state index in [-0.39, 0.29) is 18.3 Å². The number of amides is 2. The third-order valence-corrected chi connectivity index (χ3v) is 6.72. The molecule has 0 aromatic heterocycles. The molecule has 2 aromatic rings. The normalized spacial score (nSPS) is 25.5. The molecule has 3 aliphatic rings. The van der Waals surface area contributed by atoms with Gasteiger partial charge >= 0.3 is 12.2 Å². The maximum absolute atomic E-state index is 13.4. The molecule has 1 spiro atoms. The number of anilines is 1. The van der Waals surface area contributed by atoms with E-state index in [2.05, 4.69) is 5.32 Å². The molecule has 2 aliphatic heterocycles. The van der Waals surface area contributed by atoms with Crippen LogP contribution < -0.4 is 14.8 Å². The summed E-state index contributed by atoms with van der Waals surface area (Å²) in [7, 11) is 1.55. The Labute approximate surface area is 188 Å². The van der Waals surface area contributed by atoms with E-state index in [9.17, 15) is 23.1 Å². The largest absolute Gasteiger partial charge is 0.493 e. The highest BCUT2D eigenvalue weighted by Crippen LogP contribution is 2.55. The van der Waals surface area contributed by atoms with E-state index in [0.717, 1.165) is 17.2 Å². The summed E-state index contributed by atoms with van der Waals surface area (Å²) in [6.07, 6.45) is -0.942. The van der Waals surface area contributed by atoms with E-state index in [0.29, 0.717) is 30.9 Å². The van der Waals surface area contributed by atoms with Gasteiger partial charge < -0.3 is 24.8 Å². The number of aliphatic hydroxyl groups excluding tert-OH is 1. The Hall–Kier alpha value is -3.20. The molecule has 2 amide bonds. The first-order valence-corrected chi connectivity index (χ1v) is 10.7. The summed E-state index contributed by atoms with van der Waals surface area (Å²) in [6.45, 7) is 0.511. The van der Waals surface area contributed by atoms with Crippen LogP contribution >= 0.6 is 0 Å². The topological polar surface area (TPSA) is 71.0 Å². The molecule has 174 valence electrons. The quantitative estimate of drug-likeness (QED) is 0.649. The summed E-state index contributed by atoms with van der Waals surface area (Å²) in [5, 5.41) is 12.6. The standard InChI is InChI=1S/C24H23F3N2O4/c1-32-18-7-6-14-13-29(22(31)28-17-5-3-2-4-16(17)24(25,26)27)11-10-23-9-8-15(30)12-19(23)33-21(18)20(14)23/h2-9,15,19,30H,10-13H2,1H3,(H,28,31)/t15-,19?,23?/m0/s1. The molecule has 6 nitrogen and oxygen atoms in total. The van der Waals surface area contributed by atoms with Crippen molar-refractivity contribution in [1.82, 2.24) is 4.90 Å². The zero-order valence-corrected chi connectivity index (χ0v) is 17.9. The number of ether oxygens (including phenoxy) is 2. The Balaban J connectivity index is 1.49. The molecule has 0 radical (unpaired) electrons. The molecule has 33 heavy (non-hydrogen) atoms. The van der Waals surface area contributed by atoms with Crippen molar-refractivity contribution in [3.05, 3.63) is 65.2 Å². The lowest BCUT2D eigenvalue weighted by Gasteiger charge is -2.35. The summed E-state index contributed by atoms with van der Waals surface area (Å²) in [4.78, 5) is 14.6. The molecule has 1 aliphatic carbocycles. The van der Waals surface area contributed by atoms with Crippen LogP contribution in [0.15, 0.2) is 48.6 Å². The van der Waals surface area contributed by atoms with Gasteiger partial charge in [0.1, 0.15) is 6.10 Å². The summed E-state index contributed by atoms with van der Waals surface area (Å²) in [6, 6.07) is 7.95. The number of methoxy groups -OCH3 is 1. The van der Waals surface area contributed by atoms with Gasteiger partial charge in [-0.15, -0.1) is 0 Å². The monoisotopic (exact) mass is 460 g/mol. The number of para-hydroxylation sites is 1. The van der Waals surface area contributed by atoms with E-state index in [1.807, 2.05) is 12.1 Å². The molecule has 0 saturated carbocycles. The average molecular weight is 460 g/mol. The SMILES string of the molecule is COc1ccc2c3c1OC1C[C@@H](O)C=CC31CCN(C(=O)Nc1ccccc1C(F)(F)F)C2. The predicted molar refractivity (Wildman–Crippen MR) is 114 cm³/mol. The van der Waals surface area contributed by atoms with Gasteiger partial charge in [-0.3, -0.25) is 0 Å². The summed E-state index contributed by atoms with van der Waals surface area (Å²) in [5.41, 5.74) is 0.0404. The van der Waals surface area contributed by atoms with Crippen molar-refractivity contribution in [2.24, 2.45) is 0 Å². The van der Waals surface area contributed by atoms with Crippen LogP contribution in [0.3, 0.4) is 0 Å². The van der Waals surface area contributed by atoms with Crippen molar-refractivity contribution in [3.8, 4) is 11.5 Å². The van der Waals surface area contributed by atoms with Crippen molar-refractivity contribution in [2.45, 2.75) is 43.2 Å². The van der Waals surface area contributed by atoms with Gasteiger partial charge in [-0.2, -0.15) is 13.2 Å². The fourth-order valence-electron chi connectivity index (χ4n) is 5.14. The molecule has 0 saturated heterocycles. The lowest BCUT2D eigenvalue weighted by atomic mass is 9.69. The minimum atomic E-state index is -4.58. The fraction of sp³-hybridized carbons (Fsp3) is 0.375. The number of nitrogens with one attached hydrogen (secondary N) is 1. The predicted octanol–water partition coefficient (Wildman–Crippen LogP) is 4.47. The molecule has 0 fully saturated rings. The maximum Gasteiger partial charge on any atom is 0.418 e. The lowest BCUT2D eigenvalue weighted by Crippen LogP contribution is -2.43. The van der Waals surface area contributed by atoms with Crippen molar-refractivity contribution in [3.63, 3.8) is 0 Å². The first-order chi connectivity index (χ1) is 15.7. The molecule has 2 N–H and O–H groups in total. The highest BCUT2D eigenvalue weighted by Gasteiger charge is 2.53. The van der Waals surface area contributed by atoms with E-state index in [1.54, 1.807) is 19.3 Å². The van der Waals surface area contributed by atoms with Gasteiger partial charge in [-0.1, -0.05) is 30.4 Å². The number of carbonyl (C=O) groups is 1. The van der Waals surface area contributed by atoms with Crippen molar-refractivity contribution in [1.29, 1.82) is 0 Å². The fourth-order valence-corrected chi connectivity index (χ4v) is 5.14. The molecule has 5 rings (SSSR count). The Kier molecular flexibility index (Phi) is 5.04. The number of benzene rings is 2. The number of alkyl halides is 3. The Morgan fingerprint density at radius 2 is 2.06 bits per heavy atom. The zero-order chi connectivity index (χ0) is 23.4. The smallest absolute Gasteiger partial charge is 0.418 e. The minimum Gasteiger partial charge on any atom is -0.493 e. The number of halogens is 3. The van der Waals surface area contributed by atoms with Crippen LogP contribution in [0.1, 0.15) is 29.5 Å². The van der Waals surface area contributed by atoms with Gasteiger partial charge in [0.05, 0.1) is 29.9 Å². The van der Waals surface area contributed by atoms with E-state index >= 15 is 0 Å². The number of rotatable bonds is 2. The second-order valence-corrected chi connectivity index (χ2v) is 8.59. The molecular weight excluding hydrogens is 437 g/mol. The highest BCUT2D eigenvalue weighted by atomic mass is 19.4. The van der Waals surface area contributed by atoms with Crippen LogP contribution in [-0.4, -0.2) is 41.9 Å². The highest BCUT2D eigenvalue weighted by molar-refractivity contribution is 5.90. The molecule has 0 bridgehead atoms. The third-order valence-electron chi connectivity index (χ3n) is 6.72. The van der Waals surface area contributed by atoms with Crippen molar-refractivity contribution >= 4 is 11.7 Å². The van der Waals surface area contributed by atoms with Crippen LogP contribution in [-0.2, 0) is 18.1 Å². The number of aliphatic hydroxyl groups is 1. The van der Waals surface area contributed by atoms with Crippen molar-refractivity contribution < 1.29 is 32.5 Å². The number of nitrogens with zero attached hydrogens (tertiary/aromatic N) is 1. The average Bonchev–Trinajstić information content (AvgIpc) is 3.00. The lowest BCUT2D eigenvalue weighted by molar-refractivity contribution is -0.136. The number of hydrogen-bond acceptors (Lipinski definition) is 4. The maximum atomic E-state index is 13.4. The third kappa shape index (κ3) is 3.51. The molecule has 9 heteroatoms. The first-order valence-electron chi connectivity index (χ1n) is 10.7. The first kappa shape index (κ1) is 21.6. The number of carbonyl (C=O) groups excluding carboxylic acids is 1. The van der Waals surface area contributed by atoms with Gasteiger partial charge in [0, 0.05) is 25.1 Å². The number of urea groups is 1. The Morgan fingerprint density at radius 3 is 2.82 bits per heavy atom. The summed E-state index contributed by atoms with van der Waals surface area (Å²) >= 11 is 0. The van der Waals surface area contributed by atoms with Crippen LogP contribution in [0.5, 0.6) is 11.5 Å². The van der Waals surface area contributed by atoms with E-state index < -0.39 is 29.3 Å². The van der Waals surface area contributed by atoms with Crippen LogP contribution in [0.2, 0.25) is 0 Å². The Bertz CT molecular complexity index is 1130. The molecule has 3 atom stereocenters. The molecule has 2 heterocycles. The number of hydrogen-bond donors (Lipinski definition) is 2. The summed E-state index contributed by atoms with van der Waals surface area (Å²) in [5.74, 6) is 1.17. The van der Waals surface area contributed by atoms with Gasteiger partial charge in [-0.05, 0) is 30.2 Å². The van der Waals surface area contributed by atoms with Gasteiger partial charge in [0.15, 0.2) is 11.5 Å². The second kappa shape index (κ2) is 7.69. The van der Waals surface area contributed by atoms with Gasteiger partial charge in [0.25, 0.3) is 0 Å². The van der Waals surface area contributed by atoms with Crippen LogP contribution in [0.4, 0.5) is 23.7 Å². The van der Waals surface area contributed by atoms with E-state index in [1.165, 1.54) is 23.1 Å². The van der Waals surface area contributed by atoms with Gasteiger partial charge in [-0.25, -0.2) is 4.79 Å². The zero-order valence-electron chi connectivity index (χ0n) is 17.9. The summed E-state index contributed by atoms with van der Waals surface area (Å²) < 4.78 is 51.9.